The zero-order valence-electron chi connectivity index (χ0n) is 20.3. The van der Waals surface area contributed by atoms with E-state index in [1.165, 1.54) is 0 Å². The summed E-state index contributed by atoms with van der Waals surface area (Å²) in [5, 5.41) is 8.89. The first-order chi connectivity index (χ1) is 17.9. The Balaban J connectivity index is 1.17. The molecule has 2 bridgehead atoms. The molecule has 37 heavy (non-hydrogen) atoms. The van der Waals surface area contributed by atoms with Crippen molar-refractivity contribution in [1.29, 1.82) is 0 Å². The molecular weight excluding hydrogens is 488 g/mol. The highest BCUT2D eigenvalue weighted by Gasteiger charge is 2.47. The molecule has 2 aromatic heterocycles. The van der Waals surface area contributed by atoms with Crippen molar-refractivity contribution in [2.75, 3.05) is 48.3 Å². The van der Waals surface area contributed by atoms with Gasteiger partial charge in [-0.25, -0.2) is 4.98 Å². The van der Waals surface area contributed by atoms with Crippen LogP contribution >= 0.6 is 11.3 Å². The monoisotopic (exact) mass is 518 g/mol. The Morgan fingerprint density at radius 2 is 1.76 bits per heavy atom. The second-order valence-corrected chi connectivity index (χ2v) is 10.9. The Hall–Kier alpha value is -3.70. The Kier molecular flexibility index (Phi) is 6.17. The lowest BCUT2D eigenvalue weighted by Gasteiger charge is -2.35. The van der Waals surface area contributed by atoms with E-state index in [-0.39, 0.29) is 35.6 Å². The predicted octanol–water partition coefficient (Wildman–Crippen LogP) is 2.13. The van der Waals surface area contributed by atoms with Gasteiger partial charge in [-0.3, -0.25) is 14.5 Å². The summed E-state index contributed by atoms with van der Waals surface area (Å²) >= 11 is 1.58. The summed E-state index contributed by atoms with van der Waals surface area (Å²) in [6.07, 6.45) is 5.26. The van der Waals surface area contributed by atoms with Gasteiger partial charge in [-0.15, -0.1) is 11.3 Å². The number of nitrogens with one attached hydrogen (secondary N) is 2. The molecule has 1 aliphatic heterocycles. The third kappa shape index (κ3) is 4.72. The maximum absolute atomic E-state index is 12.2. The Bertz CT molecular complexity index is 1350. The van der Waals surface area contributed by atoms with Gasteiger partial charge in [0.1, 0.15) is 5.82 Å². The van der Waals surface area contributed by atoms with Crippen molar-refractivity contribution < 1.29 is 9.59 Å². The molecule has 0 spiro atoms. The lowest BCUT2D eigenvalue weighted by molar-refractivity contribution is -0.122. The smallest absolute Gasteiger partial charge is 0.231 e. The number of fused-ring (bicyclic) bond motifs is 3. The van der Waals surface area contributed by atoms with Crippen LogP contribution in [0.1, 0.15) is 6.42 Å². The minimum atomic E-state index is -0.287. The van der Waals surface area contributed by atoms with Crippen LogP contribution in [0.2, 0.25) is 0 Å². The lowest BCUT2D eigenvalue weighted by Crippen LogP contribution is -2.48. The van der Waals surface area contributed by atoms with Gasteiger partial charge in [-0.2, -0.15) is 4.98 Å². The second-order valence-electron chi connectivity index (χ2n) is 9.98. The fraction of sp³-hybridized carbons (Fsp3) is 0.385. The van der Waals surface area contributed by atoms with Crippen molar-refractivity contribution in [2.45, 2.75) is 12.5 Å². The number of piperazine rings is 1. The standard InChI is InChI=1S/C26H30N8O2S/c27-20(35)14-33-8-10-34(11-9-33)18-5-3-17(4-6-18)29-26-30-19-7-12-37-23(19)25(32-26)31-22-16-2-1-15(13-16)21(22)24(28)36/h1-7,12,15-16,21-22H,8-11,13-14H2,(H2,27,35)(H2,28,36)(H2,29,30,31,32)/t15?,16?,21-,22-/m0/s1. The molecule has 10 nitrogen and oxygen atoms in total. The van der Waals surface area contributed by atoms with Crippen LogP contribution in [0.4, 0.5) is 23.1 Å². The fourth-order valence-corrected chi connectivity index (χ4v) is 6.63. The largest absolute Gasteiger partial charge is 0.369 e. The number of primary amides is 2. The van der Waals surface area contributed by atoms with E-state index < -0.39 is 0 Å². The Morgan fingerprint density at radius 1 is 1.00 bits per heavy atom. The maximum Gasteiger partial charge on any atom is 0.231 e. The van der Waals surface area contributed by atoms with Crippen molar-refractivity contribution in [3.8, 4) is 0 Å². The number of aromatic nitrogens is 2. The quantitative estimate of drug-likeness (QED) is 0.332. The first kappa shape index (κ1) is 23.7. The first-order valence-corrected chi connectivity index (χ1v) is 13.4. The van der Waals surface area contributed by atoms with E-state index in [0.717, 1.165) is 60.0 Å². The maximum atomic E-state index is 12.2. The third-order valence-electron chi connectivity index (χ3n) is 7.64. The number of benzene rings is 1. The molecule has 2 aliphatic carbocycles. The SMILES string of the molecule is NC(=O)CN1CCN(c2ccc(Nc3nc(N[C@H]4C5C=CC(C5)[C@@H]4C(N)=O)c4sccc4n3)cc2)CC1. The number of anilines is 4. The normalized spacial score (nSPS) is 25.0. The van der Waals surface area contributed by atoms with Gasteiger partial charge in [-0.05, 0) is 54.0 Å². The van der Waals surface area contributed by atoms with Crippen LogP contribution < -0.4 is 27.0 Å². The number of amides is 2. The van der Waals surface area contributed by atoms with Crippen LogP contribution in [0.25, 0.3) is 10.2 Å². The molecule has 4 atom stereocenters. The van der Waals surface area contributed by atoms with Crippen molar-refractivity contribution >= 4 is 56.5 Å². The van der Waals surface area contributed by atoms with Gasteiger partial charge >= 0.3 is 0 Å². The molecule has 0 radical (unpaired) electrons. The molecule has 1 aromatic carbocycles. The average molecular weight is 519 g/mol. The van der Waals surface area contributed by atoms with Gasteiger partial charge in [0.15, 0.2) is 0 Å². The number of allylic oxidation sites excluding steroid dienone is 1. The van der Waals surface area contributed by atoms with Crippen molar-refractivity contribution in [3.05, 3.63) is 47.9 Å². The topological polar surface area (TPSA) is 142 Å². The Labute approximate surface area is 218 Å². The highest BCUT2D eigenvalue weighted by atomic mass is 32.1. The van der Waals surface area contributed by atoms with Gasteiger partial charge in [0.05, 0.1) is 22.7 Å². The van der Waals surface area contributed by atoms with Gasteiger partial charge in [0.25, 0.3) is 0 Å². The van der Waals surface area contributed by atoms with E-state index in [1.807, 2.05) is 23.6 Å². The molecule has 6 rings (SSSR count). The number of hydrogen-bond donors (Lipinski definition) is 4. The zero-order chi connectivity index (χ0) is 25.5. The molecule has 2 unspecified atom stereocenters. The van der Waals surface area contributed by atoms with E-state index in [2.05, 4.69) is 44.7 Å². The number of nitrogens with zero attached hydrogens (tertiary/aromatic N) is 4. The van der Waals surface area contributed by atoms with Crippen LogP contribution in [0.15, 0.2) is 47.9 Å². The number of carbonyl (C=O) groups excluding carboxylic acids is 2. The van der Waals surface area contributed by atoms with E-state index in [1.54, 1.807) is 11.3 Å². The van der Waals surface area contributed by atoms with Crippen LogP contribution in [0, 0.1) is 17.8 Å². The fourth-order valence-electron chi connectivity index (χ4n) is 5.85. The van der Waals surface area contributed by atoms with Crippen molar-refractivity contribution in [2.24, 2.45) is 29.2 Å². The summed E-state index contributed by atoms with van der Waals surface area (Å²) in [4.78, 5) is 37.2. The van der Waals surface area contributed by atoms with Gasteiger partial charge in [0, 0.05) is 43.6 Å². The lowest BCUT2D eigenvalue weighted by atomic mass is 9.88. The highest BCUT2D eigenvalue weighted by Crippen LogP contribution is 2.45. The molecule has 3 aromatic rings. The predicted molar refractivity (Wildman–Crippen MR) is 146 cm³/mol. The summed E-state index contributed by atoms with van der Waals surface area (Å²) in [6, 6.07) is 10.1. The van der Waals surface area contributed by atoms with Crippen LogP contribution in [-0.4, -0.2) is 65.4 Å². The minimum Gasteiger partial charge on any atom is -0.369 e. The molecule has 1 saturated carbocycles. The molecule has 1 saturated heterocycles. The van der Waals surface area contributed by atoms with Gasteiger partial charge in [0.2, 0.25) is 17.8 Å². The van der Waals surface area contributed by atoms with Crippen LogP contribution in [-0.2, 0) is 9.59 Å². The molecule has 6 N–H and O–H groups in total. The molecular formula is C26H30N8O2S. The summed E-state index contributed by atoms with van der Waals surface area (Å²) in [6.45, 7) is 3.61. The van der Waals surface area contributed by atoms with E-state index in [9.17, 15) is 9.59 Å². The highest BCUT2D eigenvalue weighted by molar-refractivity contribution is 7.17. The number of rotatable bonds is 8. The van der Waals surface area contributed by atoms with Crippen LogP contribution in [0.5, 0.6) is 0 Å². The Morgan fingerprint density at radius 3 is 2.49 bits per heavy atom. The zero-order valence-corrected chi connectivity index (χ0v) is 21.2. The van der Waals surface area contributed by atoms with E-state index in [0.29, 0.717) is 12.5 Å². The summed E-state index contributed by atoms with van der Waals surface area (Å²) in [7, 11) is 0. The van der Waals surface area contributed by atoms with E-state index in [4.69, 9.17) is 21.4 Å². The molecule has 2 fully saturated rings. The first-order valence-electron chi connectivity index (χ1n) is 12.6. The number of carbonyl (C=O) groups is 2. The number of hydrogen-bond acceptors (Lipinski definition) is 9. The van der Waals surface area contributed by atoms with E-state index >= 15 is 0 Å². The van der Waals surface area contributed by atoms with Crippen LogP contribution in [0.3, 0.4) is 0 Å². The molecule has 11 heteroatoms. The van der Waals surface area contributed by atoms with Gasteiger partial charge < -0.3 is 27.0 Å². The minimum absolute atomic E-state index is 0.0664. The number of nitrogens with two attached hydrogens (primary N) is 2. The molecule has 3 aliphatic rings. The van der Waals surface area contributed by atoms with Crippen molar-refractivity contribution in [3.63, 3.8) is 0 Å². The average Bonchev–Trinajstić information content (AvgIpc) is 3.61. The van der Waals surface area contributed by atoms with Crippen molar-refractivity contribution in [1.82, 2.24) is 14.9 Å². The summed E-state index contributed by atoms with van der Waals surface area (Å²) in [5.74, 6) is 0.905. The molecule has 2 amide bonds. The molecule has 3 heterocycles. The number of thiophene rings is 1. The van der Waals surface area contributed by atoms with Gasteiger partial charge in [-0.1, -0.05) is 12.2 Å². The second kappa shape index (κ2) is 9.64. The summed E-state index contributed by atoms with van der Waals surface area (Å²) in [5.41, 5.74) is 13.9. The summed E-state index contributed by atoms with van der Waals surface area (Å²) < 4.78 is 0.964. The molecule has 192 valence electrons. The third-order valence-corrected chi connectivity index (χ3v) is 8.55.